The van der Waals surface area contributed by atoms with E-state index in [-0.39, 0.29) is 5.63 Å². The number of fused-ring (bicyclic) bond motifs is 1. The Bertz CT molecular complexity index is 1190. The summed E-state index contributed by atoms with van der Waals surface area (Å²) in [4.78, 5) is 12.0. The highest BCUT2D eigenvalue weighted by molar-refractivity contribution is 7.98. The van der Waals surface area contributed by atoms with Crippen LogP contribution in [0.3, 0.4) is 0 Å². The second-order valence-electron chi connectivity index (χ2n) is 6.18. The zero-order valence-electron chi connectivity index (χ0n) is 15.8. The average molecular weight is 397 g/mol. The molecule has 0 saturated heterocycles. The normalized spacial score (nSPS) is 11.2. The zero-order valence-corrected chi connectivity index (χ0v) is 16.6. The molecule has 7 nitrogen and oxygen atoms in total. The summed E-state index contributed by atoms with van der Waals surface area (Å²) in [5.41, 5.74) is 1.93. The number of benzene rings is 1. The highest BCUT2D eigenvalue weighted by Crippen LogP contribution is 2.30. The van der Waals surface area contributed by atoms with Crippen molar-refractivity contribution in [1.29, 1.82) is 0 Å². The maximum absolute atomic E-state index is 12.0. The van der Waals surface area contributed by atoms with Crippen LogP contribution >= 0.6 is 11.8 Å². The van der Waals surface area contributed by atoms with Gasteiger partial charge in [0.15, 0.2) is 11.0 Å². The number of hydrogen-bond acceptors (Lipinski definition) is 7. The Morgan fingerprint density at radius 3 is 2.79 bits per heavy atom. The van der Waals surface area contributed by atoms with Gasteiger partial charge in [-0.3, -0.25) is 0 Å². The van der Waals surface area contributed by atoms with Crippen LogP contribution < -0.4 is 10.4 Å². The number of furan rings is 1. The molecule has 0 fully saturated rings. The summed E-state index contributed by atoms with van der Waals surface area (Å²) in [5.74, 6) is 2.79. The van der Waals surface area contributed by atoms with Crippen molar-refractivity contribution < 1.29 is 13.6 Å². The van der Waals surface area contributed by atoms with Crippen LogP contribution in [0.4, 0.5) is 0 Å². The summed E-state index contributed by atoms with van der Waals surface area (Å²) < 4.78 is 18.0. The van der Waals surface area contributed by atoms with Crippen molar-refractivity contribution in [3.63, 3.8) is 0 Å². The van der Waals surface area contributed by atoms with Crippen LogP contribution in [0.1, 0.15) is 18.2 Å². The molecule has 4 aromatic rings. The number of rotatable bonds is 6. The number of methoxy groups -OCH3 is 1. The van der Waals surface area contributed by atoms with Gasteiger partial charge in [-0.05, 0) is 37.6 Å². The Hall–Kier alpha value is -3.00. The number of thioether (sulfide) groups is 1. The molecule has 0 atom stereocenters. The molecule has 144 valence electrons. The first-order valence-electron chi connectivity index (χ1n) is 8.82. The minimum Gasteiger partial charge on any atom is -0.497 e. The van der Waals surface area contributed by atoms with Gasteiger partial charge in [0.2, 0.25) is 0 Å². The van der Waals surface area contributed by atoms with Crippen molar-refractivity contribution in [2.45, 2.75) is 31.3 Å². The van der Waals surface area contributed by atoms with Gasteiger partial charge in [0.1, 0.15) is 17.1 Å². The van der Waals surface area contributed by atoms with E-state index in [9.17, 15) is 4.79 Å². The molecule has 0 N–H and O–H groups in total. The molecule has 0 bridgehead atoms. The lowest BCUT2D eigenvalue weighted by molar-refractivity contribution is 0.414. The molecule has 3 heterocycles. The van der Waals surface area contributed by atoms with E-state index >= 15 is 0 Å². The first-order chi connectivity index (χ1) is 13.6. The minimum absolute atomic E-state index is 0.386. The van der Waals surface area contributed by atoms with Gasteiger partial charge in [-0.2, -0.15) is 0 Å². The van der Waals surface area contributed by atoms with E-state index in [4.69, 9.17) is 13.6 Å². The van der Waals surface area contributed by atoms with E-state index in [0.29, 0.717) is 17.1 Å². The fraction of sp³-hybridized carbons (Fsp3) is 0.250. The highest BCUT2D eigenvalue weighted by Gasteiger charge is 2.17. The molecule has 0 aliphatic rings. The number of hydrogen-bond donors (Lipinski definition) is 0. The fourth-order valence-electron chi connectivity index (χ4n) is 3.10. The number of ether oxygens (including phenoxy) is 1. The second kappa shape index (κ2) is 7.55. The van der Waals surface area contributed by atoms with Gasteiger partial charge in [-0.25, -0.2) is 4.79 Å². The van der Waals surface area contributed by atoms with E-state index in [1.807, 2.05) is 36.6 Å². The van der Waals surface area contributed by atoms with E-state index in [0.717, 1.165) is 39.8 Å². The van der Waals surface area contributed by atoms with Crippen LogP contribution in [0.25, 0.3) is 22.4 Å². The van der Waals surface area contributed by atoms with Crippen LogP contribution in [0, 0.1) is 6.92 Å². The van der Waals surface area contributed by atoms with Gasteiger partial charge in [0.05, 0.1) is 18.9 Å². The second-order valence-corrected chi connectivity index (χ2v) is 7.12. The minimum atomic E-state index is -0.386. The molecule has 0 aliphatic carbocycles. The summed E-state index contributed by atoms with van der Waals surface area (Å²) in [6.45, 7) is 4.68. The lowest BCUT2D eigenvalue weighted by atomic mass is 10.1. The summed E-state index contributed by atoms with van der Waals surface area (Å²) in [5, 5.41) is 10.3. The van der Waals surface area contributed by atoms with Gasteiger partial charge in [-0.15, -0.1) is 10.2 Å². The quantitative estimate of drug-likeness (QED) is 0.355. The maximum Gasteiger partial charge on any atom is 0.336 e. The molecule has 0 unspecified atom stereocenters. The standard InChI is InChI=1S/C20H19N3O4S/c1-4-23-19(15-7-8-26-12(15)2)21-22-20(23)28-11-13-9-18(24)27-17-10-14(25-3)5-6-16(13)17/h5-10H,4,11H2,1-3H3. The van der Waals surface area contributed by atoms with Crippen molar-refractivity contribution in [2.75, 3.05) is 7.11 Å². The molecule has 3 aromatic heterocycles. The van der Waals surface area contributed by atoms with E-state index in [1.165, 1.54) is 17.8 Å². The highest BCUT2D eigenvalue weighted by atomic mass is 32.2. The molecule has 4 rings (SSSR count). The predicted octanol–water partition coefficient (Wildman–Crippen LogP) is 4.27. The zero-order chi connectivity index (χ0) is 19.7. The largest absolute Gasteiger partial charge is 0.497 e. The van der Waals surface area contributed by atoms with E-state index < -0.39 is 0 Å². The Balaban J connectivity index is 1.66. The molecular formula is C20H19N3O4S. The molecular weight excluding hydrogens is 378 g/mol. The van der Waals surface area contributed by atoms with Crippen LogP contribution in [0.5, 0.6) is 5.75 Å². The Morgan fingerprint density at radius 2 is 2.07 bits per heavy atom. The third-order valence-corrected chi connectivity index (χ3v) is 5.54. The van der Waals surface area contributed by atoms with Crippen molar-refractivity contribution in [1.82, 2.24) is 14.8 Å². The number of nitrogens with zero attached hydrogens (tertiary/aromatic N) is 3. The molecule has 0 saturated carbocycles. The van der Waals surface area contributed by atoms with Crippen molar-refractivity contribution in [2.24, 2.45) is 0 Å². The van der Waals surface area contributed by atoms with Crippen LogP contribution in [-0.4, -0.2) is 21.9 Å². The SMILES string of the molecule is CCn1c(SCc2cc(=O)oc3cc(OC)ccc23)nnc1-c1ccoc1C. The molecule has 0 amide bonds. The Morgan fingerprint density at radius 1 is 1.21 bits per heavy atom. The van der Waals surface area contributed by atoms with E-state index in [2.05, 4.69) is 10.2 Å². The van der Waals surface area contributed by atoms with Gasteiger partial charge >= 0.3 is 5.63 Å². The summed E-state index contributed by atoms with van der Waals surface area (Å²) in [6.07, 6.45) is 1.65. The third kappa shape index (κ3) is 3.31. The van der Waals surface area contributed by atoms with Crippen LogP contribution in [0.15, 0.2) is 55.4 Å². The van der Waals surface area contributed by atoms with Gasteiger partial charge in [0, 0.05) is 29.8 Å². The summed E-state index contributed by atoms with van der Waals surface area (Å²) in [7, 11) is 1.58. The molecule has 0 spiro atoms. The fourth-order valence-corrected chi connectivity index (χ4v) is 4.09. The van der Waals surface area contributed by atoms with Crippen molar-refractivity contribution in [3.8, 4) is 17.1 Å². The maximum atomic E-state index is 12.0. The van der Waals surface area contributed by atoms with Gasteiger partial charge in [0.25, 0.3) is 0 Å². The lowest BCUT2D eigenvalue weighted by Crippen LogP contribution is -2.02. The monoisotopic (exact) mass is 397 g/mol. The molecule has 0 aliphatic heterocycles. The van der Waals surface area contributed by atoms with Crippen LogP contribution in [0.2, 0.25) is 0 Å². The number of aryl methyl sites for hydroxylation is 1. The molecule has 28 heavy (non-hydrogen) atoms. The topological polar surface area (TPSA) is 83.3 Å². The number of aromatic nitrogens is 3. The Labute approximate surface area is 165 Å². The van der Waals surface area contributed by atoms with Gasteiger partial charge < -0.3 is 18.1 Å². The first-order valence-corrected chi connectivity index (χ1v) is 9.80. The van der Waals surface area contributed by atoms with Crippen LogP contribution in [-0.2, 0) is 12.3 Å². The average Bonchev–Trinajstić information content (AvgIpc) is 3.30. The smallest absolute Gasteiger partial charge is 0.336 e. The molecule has 8 heteroatoms. The molecule has 1 aromatic carbocycles. The predicted molar refractivity (Wildman–Crippen MR) is 107 cm³/mol. The van der Waals surface area contributed by atoms with E-state index in [1.54, 1.807) is 19.4 Å². The summed E-state index contributed by atoms with van der Waals surface area (Å²) in [6, 6.07) is 8.89. The summed E-state index contributed by atoms with van der Waals surface area (Å²) >= 11 is 1.53. The lowest BCUT2D eigenvalue weighted by Gasteiger charge is -2.08. The third-order valence-electron chi connectivity index (χ3n) is 4.53. The van der Waals surface area contributed by atoms with Crippen molar-refractivity contribution in [3.05, 3.63) is 58.3 Å². The van der Waals surface area contributed by atoms with Crippen molar-refractivity contribution >= 4 is 22.7 Å². The first kappa shape index (κ1) is 18.4. The van der Waals surface area contributed by atoms with Gasteiger partial charge in [-0.1, -0.05) is 11.8 Å². The Kier molecular flexibility index (Phi) is 4.95. The molecule has 0 radical (unpaired) electrons.